The summed E-state index contributed by atoms with van der Waals surface area (Å²) in [5.74, 6) is -0.656. The molecular formula is C12H19N3O2S. The van der Waals surface area contributed by atoms with Crippen molar-refractivity contribution < 1.29 is 9.59 Å². The molecule has 4 N–H and O–H groups in total. The molecule has 1 aromatic rings. The Kier molecular flexibility index (Phi) is 4.86. The molecule has 0 spiro atoms. The Balaban J connectivity index is 2.45. The van der Waals surface area contributed by atoms with Crippen LogP contribution in [-0.2, 0) is 4.79 Å². The molecule has 0 saturated heterocycles. The standard InChI is InChI=1S/C12H19N3O2S/c1-12(2,3)14-6-4-9(16)15-11-8(10(13)17)5-7-18-11/h5,7,14H,4,6H2,1-3H3,(H2,13,17)(H,15,16). The van der Waals surface area contributed by atoms with Gasteiger partial charge in [0.2, 0.25) is 5.91 Å². The van der Waals surface area contributed by atoms with Crippen LogP contribution in [0.3, 0.4) is 0 Å². The molecule has 0 fully saturated rings. The topological polar surface area (TPSA) is 84.2 Å². The van der Waals surface area contributed by atoms with Crippen molar-refractivity contribution in [3.05, 3.63) is 17.0 Å². The number of anilines is 1. The zero-order valence-corrected chi connectivity index (χ0v) is 11.7. The lowest BCUT2D eigenvalue weighted by molar-refractivity contribution is -0.116. The van der Waals surface area contributed by atoms with E-state index in [1.807, 2.05) is 20.8 Å². The van der Waals surface area contributed by atoms with Gasteiger partial charge in [-0.15, -0.1) is 11.3 Å². The van der Waals surface area contributed by atoms with Gasteiger partial charge in [0, 0.05) is 18.5 Å². The van der Waals surface area contributed by atoms with Crippen molar-refractivity contribution in [2.45, 2.75) is 32.7 Å². The first-order valence-corrected chi connectivity index (χ1v) is 6.60. The Morgan fingerprint density at radius 3 is 2.61 bits per heavy atom. The molecule has 1 heterocycles. The van der Waals surface area contributed by atoms with Crippen molar-refractivity contribution in [2.75, 3.05) is 11.9 Å². The van der Waals surface area contributed by atoms with Crippen LogP contribution in [0.15, 0.2) is 11.4 Å². The van der Waals surface area contributed by atoms with Gasteiger partial charge in [-0.05, 0) is 32.2 Å². The van der Waals surface area contributed by atoms with Crippen LogP contribution in [0.25, 0.3) is 0 Å². The number of primary amides is 1. The van der Waals surface area contributed by atoms with Crippen LogP contribution in [0.5, 0.6) is 0 Å². The van der Waals surface area contributed by atoms with E-state index in [1.165, 1.54) is 11.3 Å². The number of hydrogen-bond acceptors (Lipinski definition) is 4. The van der Waals surface area contributed by atoms with Gasteiger partial charge in [-0.3, -0.25) is 9.59 Å². The minimum atomic E-state index is -0.528. The average Bonchev–Trinajstić information content (AvgIpc) is 2.63. The van der Waals surface area contributed by atoms with E-state index in [4.69, 9.17) is 5.73 Å². The second-order valence-electron chi connectivity index (χ2n) is 5.00. The van der Waals surface area contributed by atoms with Crippen molar-refractivity contribution in [3.63, 3.8) is 0 Å². The fraction of sp³-hybridized carbons (Fsp3) is 0.500. The highest BCUT2D eigenvalue weighted by atomic mass is 32.1. The van der Waals surface area contributed by atoms with Gasteiger partial charge in [0.05, 0.1) is 5.56 Å². The molecule has 1 rings (SSSR count). The minimum Gasteiger partial charge on any atom is -0.366 e. The number of rotatable bonds is 5. The summed E-state index contributed by atoms with van der Waals surface area (Å²) in [5.41, 5.74) is 5.54. The number of thiophene rings is 1. The smallest absolute Gasteiger partial charge is 0.251 e. The Hall–Kier alpha value is -1.40. The lowest BCUT2D eigenvalue weighted by Crippen LogP contribution is -2.37. The van der Waals surface area contributed by atoms with Crippen LogP contribution in [-0.4, -0.2) is 23.9 Å². The maximum absolute atomic E-state index is 11.7. The number of nitrogens with one attached hydrogen (secondary N) is 2. The van der Waals surface area contributed by atoms with Gasteiger partial charge in [0.15, 0.2) is 0 Å². The fourth-order valence-electron chi connectivity index (χ4n) is 1.34. The predicted molar refractivity (Wildman–Crippen MR) is 73.8 cm³/mol. The highest BCUT2D eigenvalue weighted by molar-refractivity contribution is 7.14. The monoisotopic (exact) mass is 269 g/mol. The van der Waals surface area contributed by atoms with Crippen LogP contribution in [0.4, 0.5) is 5.00 Å². The van der Waals surface area contributed by atoms with Gasteiger partial charge in [-0.2, -0.15) is 0 Å². The lowest BCUT2D eigenvalue weighted by Gasteiger charge is -2.20. The molecule has 5 nitrogen and oxygen atoms in total. The molecule has 0 unspecified atom stereocenters. The number of carbonyl (C=O) groups excluding carboxylic acids is 2. The zero-order valence-electron chi connectivity index (χ0n) is 10.9. The summed E-state index contributed by atoms with van der Waals surface area (Å²) in [6.07, 6.45) is 0.355. The summed E-state index contributed by atoms with van der Waals surface area (Å²) in [7, 11) is 0. The predicted octanol–water partition coefficient (Wildman–Crippen LogP) is 1.56. The largest absolute Gasteiger partial charge is 0.366 e. The average molecular weight is 269 g/mol. The van der Waals surface area contributed by atoms with E-state index < -0.39 is 5.91 Å². The first-order valence-electron chi connectivity index (χ1n) is 5.72. The van der Waals surface area contributed by atoms with Gasteiger partial charge in [0.25, 0.3) is 5.91 Å². The van der Waals surface area contributed by atoms with Crippen LogP contribution in [0, 0.1) is 0 Å². The van der Waals surface area contributed by atoms with Gasteiger partial charge in [-0.25, -0.2) is 0 Å². The van der Waals surface area contributed by atoms with Crippen molar-refractivity contribution in [1.82, 2.24) is 5.32 Å². The number of hydrogen-bond donors (Lipinski definition) is 3. The van der Waals surface area contributed by atoms with Crippen molar-refractivity contribution in [3.8, 4) is 0 Å². The van der Waals surface area contributed by atoms with E-state index in [1.54, 1.807) is 11.4 Å². The Morgan fingerprint density at radius 1 is 1.39 bits per heavy atom. The van der Waals surface area contributed by atoms with Gasteiger partial charge in [-0.1, -0.05) is 0 Å². The third kappa shape index (κ3) is 4.85. The van der Waals surface area contributed by atoms with Gasteiger partial charge >= 0.3 is 0 Å². The third-order valence-corrected chi connectivity index (χ3v) is 3.02. The Morgan fingerprint density at radius 2 is 2.06 bits per heavy atom. The van der Waals surface area contributed by atoms with Gasteiger partial charge < -0.3 is 16.4 Å². The third-order valence-electron chi connectivity index (χ3n) is 2.19. The van der Waals surface area contributed by atoms with E-state index >= 15 is 0 Å². The zero-order chi connectivity index (χ0) is 13.8. The molecule has 0 bridgehead atoms. The molecule has 0 radical (unpaired) electrons. The minimum absolute atomic E-state index is 0.0123. The normalized spacial score (nSPS) is 11.3. The molecule has 100 valence electrons. The molecule has 0 aliphatic rings. The second kappa shape index (κ2) is 5.97. The molecule has 0 aromatic carbocycles. The quantitative estimate of drug-likeness (QED) is 0.758. The summed E-state index contributed by atoms with van der Waals surface area (Å²) in [6, 6.07) is 1.61. The molecule has 0 atom stereocenters. The number of carbonyl (C=O) groups is 2. The van der Waals surface area contributed by atoms with E-state index in [0.29, 0.717) is 23.5 Å². The molecule has 0 aliphatic carbocycles. The molecule has 2 amide bonds. The molecule has 0 aliphatic heterocycles. The van der Waals surface area contributed by atoms with Crippen LogP contribution in [0.2, 0.25) is 0 Å². The van der Waals surface area contributed by atoms with E-state index in [2.05, 4.69) is 10.6 Å². The first kappa shape index (κ1) is 14.7. The second-order valence-corrected chi connectivity index (χ2v) is 5.92. The highest BCUT2D eigenvalue weighted by Crippen LogP contribution is 2.22. The summed E-state index contributed by atoms with van der Waals surface area (Å²) in [4.78, 5) is 22.7. The van der Waals surface area contributed by atoms with Crippen LogP contribution in [0.1, 0.15) is 37.6 Å². The number of nitrogens with two attached hydrogens (primary N) is 1. The van der Waals surface area contributed by atoms with Crippen molar-refractivity contribution >= 4 is 28.2 Å². The summed E-state index contributed by atoms with van der Waals surface area (Å²) >= 11 is 1.29. The highest BCUT2D eigenvalue weighted by Gasteiger charge is 2.13. The number of amides is 2. The maximum atomic E-state index is 11.7. The van der Waals surface area contributed by atoms with Crippen LogP contribution >= 0.6 is 11.3 Å². The summed E-state index contributed by atoms with van der Waals surface area (Å²) in [5, 5.41) is 8.16. The molecule has 1 aromatic heterocycles. The molecular weight excluding hydrogens is 250 g/mol. The fourth-order valence-corrected chi connectivity index (χ4v) is 2.15. The Labute approximate surface area is 111 Å². The van der Waals surface area contributed by atoms with E-state index in [0.717, 1.165) is 0 Å². The SMILES string of the molecule is CC(C)(C)NCCC(=O)Nc1sccc1C(N)=O. The lowest BCUT2D eigenvalue weighted by atomic mass is 10.1. The molecule has 6 heteroatoms. The van der Waals surface area contributed by atoms with E-state index in [9.17, 15) is 9.59 Å². The summed E-state index contributed by atoms with van der Waals surface area (Å²) in [6.45, 7) is 6.70. The van der Waals surface area contributed by atoms with Crippen LogP contribution < -0.4 is 16.4 Å². The maximum Gasteiger partial charge on any atom is 0.251 e. The first-order chi connectivity index (χ1) is 8.29. The summed E-state index contributed by atoms with van der Waals surface area (Å²) < 4.78 is 0. The van der Waals surface area contributed by atoms with E-state index in [-0.39, 0.29) is 11.4 Å². The molecule has 18 heavy (non-hydrogen) atoms. The molecule has 0 saturated carbocycles. The van der Waals surface area contributed by atoms with Crippen molar-refractivity contribution in [1.29, 1.82) is 0 Å². The van der Waals surface area contributed by atoms with Gasteiger partial charge in [0.1, 0.15) is 5.00 Å². The Bertz CT molecular complexity index is 435. The van der Waals surface area contributed by atoms with Crippen molar-refractivity contribution in [2.24, 2.45) is 5.73 Å².